The van der Waals surface area contributed by atoms with Gasteiger partial charge in [0.15, 0.2) is 0 Å². The lowest BCUT2D eigenvalue weighted by atomic mass is 9.82. The number of hydrogen-bond acceptors (Lipinski definition) is 8. The van der Waals surface area contributed by atoms with E-state index in [0.29, 0.717) is 51.2 Å². The van der Waals surface area contributed by atoms with E-state index in [1.165, 1.54) is 0 Å². The van der Waals surface area contributed by atoms with Crippen LogP contribution in [-0.2, 0) is 51.4 Å². The second-order valence-electron chi connectivity index (χ2n) is 16.9. The number of carboxylic acid groups (broad SMARTS) is 3. The fraction of sp³-hybridized carbons (Fsp3) is 0.532. The van der Waals surface area contributed by atoms with Crippen molar-refractivity contribution in [2.75, 3.05) is 52.4 Å². The molecule has 0 saturated carbocycles. The van der Waals surface area contributed by atoms with E-state index in [1.54, 1.807) is 4.90 Å². The SMILES string of the molecule is O=C(O)C(Cc1cccc(CC(=O)N(CCOc2cccc(CC(C(=O)O)C3CCCNC3)c2)Cc2cccc(CC(C(=O)O)C3CCCNC3)c2)c1)C1CCCNC1. The van der Waals surface area contributed by atoms with Gasteiger partial charge in [0.1, 0.15) is 12.4 Å². The van der Waals surface area contributed by atoms with E-state index in [2.05, 4.69) is 16.0 Å². The Kier molecular flexibility index (Phi) is 16.3. The summed E-state index contributed by atoms with van der Waals surface area (Å²) in [5, 5.41) is 40.3. The first-order chi connectivity index (χ1) is 28.6. The highest BCUT2D eigenvalue weighted by molar-refractivity contribution is 5.79. The minimum absolute atomic E-state index is 0.0522. The van der Waals surface area contributed by atoms with E-state index in [-0.39, 0.29) is 43.2 Å². The Morgan fingerprint density at radius 1 is 0.593 bits per heavy atom. The van der Waals surface area contributed by atoms with Gasteiger partial charge in [0.05, 0.1) is 30.7 Å². The lowest BCUT2D eigenvalue weighted by molar-refractivity contribution is -0.144. The summed E-state index contributed by atoms with van der Waals surface area (Å²) in [4.78, 5) is 53.0. The van der Waals surface area contributed by atoms with Gasteiger partial charge in [-0.3, -0.25) is 19.2 Å². The fourth-order valence-electron chi connectivity index (χ4n) is 9.35. The van der Waals surface area contributed by atoms with E-state index < -0.39 is 35.7 Å². The van der Waals surface area contributed by atoms with Gasteiger partial charge in [-0.2, -0.15) is 0 Å². The highest BCUT2D eigenvalue weighted by Gasteiger charge is 2.32. The zero-order chi connectivity index (χ0) is 41.6. The van der Waals surface area contributed by atoms with E-state index in [1.807, 2.05) is 72.8 Å². The van der Waals surface area contributed by atoms with Gasteiger partial charge in [0.25, 0.3) is 0 Å². The third kappa shape index (κ3) is 13.1. The van der Waals surface area contributed by atoms with E-state index in [4.69, 9.17) is 4.74 Å². The molecule has 0 radical (unpaired) electrons. The van der Waals surface area contributed by atoms with Crippen LogP contribution in [0.15, 0.2) is 72.8 Å². The van der Waals surface area contributed by atoms with E-state index in [0.717, 1.165) is 86.0 Å². The summed E-state index contributed by atoms with van der Waals surface area (Å²) in [6, 6.07) is 23.1. The number of carboxylic acids is 3. The van der Waals surface area contributed by atoms with Crippen molar-refractivity contribution in [3.05, 3.63) is 101 Å². The summed E-state index contributed by atoms with van der Waals surface area (Å²) in [7, 11) is 0. The van der Waals surface area contributed by atoms with Gasteiger partial charge in [-0.05, 0) is 155 Å². The average molecular weight is 811 g/mol. The van der Waals surface area contributed by atoms with Crippen molar-refractivity contribution < 1.29 is 39.2 Å². The molecule has 0 bridgehead atoms. The van der Waals surface area contributed by atoms with Crippen LogP contribution in [0, 0.1) is 35.5 Å². The lowest BCUT2D eigenvalue weighted by Gasteiger charge is -2.28. The average Bonchev–Trinajstić information content (AvgIpc) is 3.24. The molecule has 6 rings (SSSR count). The molecular formula is C47H62N4O8. The molecular weight excluding hydrogens is 749 g/mol. The van der Waals surface area contributed by atoms with Crippen molar-refractivity contribution in [3.8, 4) is 5.75 Å². The molecule has 1 amide bonds. The fourth-order valence-corrected chi connectivity index (χ4v) is 9.35. The molecule has 6 N–H and O–H groups in total. The molecule has 0 aromatic heterocycles. The predicted octanol–water partition coefficient (Wildman–Crippen LogP) is 5.07. The van der Waals surface area contributed by atoms with Crippen LogP contribution in [0.1, 0.15) is 66.3 Å². The molecule has 59 heavy (non-hydrogen) atoms. The van der Waals surface area contributed by atoms with E-state index >= 15 is 0 Å². The Balaban J connectivity index is 1.16. The molecule has 12 heteroatoms. The van der Waals surface area contributed by atoms with Gasteiger partial charge in [-0.1, -0.05) is 60.7 Å². The Bertz CT molecular complexity index is 1850. The van der Waals surface area contributed by atoms with Crippen molar-refractivity contribution >= 4 is 23.8 Å². The summed E-state index contributed by atoms with van der Waals surface area (Å²) < 4.78 is 6.23. The van der Waals surface area contributed by atoms with Gasteiger partial charge < -0.3 is 40.9 Å². The molecule has 3 aromatic rings. The topological polar surface area (TPSA) is 178 Å². The van der Waals surface area contributed by atoms with Crippen molar-refractivity contribution in [1.82, 2.24) is 20.9 Å². The Morgan fingerprint density at radius 3 is 1.47 bits per heavy atom. The lowest BCUT2D eigenvalue weighted by Crippen LogP contribution is -2.38. The molecule has 318 valence electrons. The minimum atomic E-state index is -0.799. The van der Waals surface area contributed by atoms with Crippen molar-refractivity contribution in [2.45, 2.75) is 70.8 Å². The quantitative estimate of drug-likeness (QED) is 0.0899. The second-order valence-corrected chi connectivity index (χ2v) is 16.9. The first kappa shape index (κ1) is 43.8. The zero-order valence-corrected chi connectivity index (χ0v) is 34.2. The number of amides is 1. The third-order valence-corrected chi connectivity index (χ3v) is 12.6. The summed E-state index contributed by atoms with van der Waals surface area (Å²) >= 11 is 0. The molecule has 3 saturated heterocycles. The summed E-state index contributed by atoms with van der Waals surface area (Å²) in [6.45, 7) is 5.59. The van der Waals surface area contributed by atoms with Crippen LogP contribution in [-0.4, -0.2) is 96.5 Å². The van der Waals surface area contributed by atoms with Gasteiger partial charge in [-0.25, -0.2) is 0 Å². The third-order valence-electron chi connectivity index (χ3n) is 12.6. The highest BCUT2D eigenvalue weighted by atomic mass is 16.5. The molecule has 0 spiro atoms. The number of nitrogens with one attached hydrogen (secondary N) is 3. The summed E-state index contributed by atoms with van der Waals surface area (Å²) in [5.74, 6) is -3.23. The molecule has 3 fully saturated rings. The monoisotopic (exact) mass is 810 g/mol. The summed E-state index contributed by atoms with van der Waals surface area (Å²) in [6.07, 6.45) is 6.85. The van der Waals surface area contributed by atoms with Crippen molar-refractivity contribution in [1.29, 1.82) is 0 Å². The second kappa shape index (κ2) is 22.0. The Morgan fingerprint density at radius 2 is 1.02 bits per heavy atom. The van der Waals surface area contributed by atoms with Crippen molar-refractivity contribution in [3.63, 3.8) is 0 Å². The number of rotatable bonds is 20. The highest BCUT2D eigenvalue weighted by Crippen LogP contribution is 2.28. The van der Waals surface area contributed by atoms with Gasteiger partial charge in [-0.15, -0.1) is 0 Å². The molecule has 3 aromatic carbocycles. The smallest absolute Gasteiger partial charge is 0.307 e. The van der Waals surface area contributed by atoms with Crippen molar-refractivity contribution in [2.24, 2.45) is 35.5 Å². The van der Waals surface area contributed by atoms with Crippen LogP contribution in [0.2, 0.25) is 0 Å². The Hall–Kier alpha value is -4.78. The molecule has 6 atom stereocenters. The number of nitrogens with zero attached hydrogens (tertiary/aromatic N) is 1. The molecule has 3 aliphatic rings. The number of benzene rings is 3. The van der Waals surface area contributed by atoms with Crippen LogP contribution in [0.25, 0.3) is 0 Å². The minimum Gasteiger partial charge on any atom is -0.492 e. The van der Waals surface area contributed by atoms with Gasteiger partial charge in [0, 0.05) is 6.54 Å². The normalized spacial score (nSPS) is 21.1. The number of carbonyl (C=O) groups is 4. The number of ether oxygens (including phenoxy) is 1. The van der Waals surface area contributed by atoms with Gasteiger partial charge >= 0.3 is 17.9 Å². The van der Waals surface area contributed by atoms with Crippen LogP contribution >= 0.6 is 0 Å². The number of aliphatic carboxylic acids is 3. The maximum Gasteiger partial charge on any atom is 0.307 e. The summed E-state index contributed by atoms with van der Waals surface area (Å²) in [5.41, 5.74) is 4.39. The Labute approximate surface area is 348 Å². The molecule has 6 unspecified atom stereocenters. The number of hydrogen-bond donors (Lipinski definition) is 6. The largest absolute Gasteiger partial charge is 0.492 e. The molecule has 3 heterocycles. The maximum absolute atomic E-state index is 14.2. The van der Waals surface area contributed by atoms with Crippen LogP contribution in [0.4, 0.5) is 0 Å². The maximum atomic E-state index is 14.2. The van der Waals surface area contributed by atoms with Gasteiger partial charge in [0.2, 0.25) is 5.91 Å². The molecule has 0 aliphatic carbocycles. The number of piperidine rings is 3. The first-order valence-corrected chi connectivity index (χ1v) is 21.6. The van der Waals surface area contributed by atoms with Crippen LogP contribution in [0.5, 0.6) is 5.75 Å². The first-order valence-electron chi connectivity index (χ1n) is 21.6. The predicted molar refractivity (Wildman–Crippen MR) is 225 cm³/mol. The molecule has 12 nitrogen and oxygen atoms in total. The van der Waals surface area contributed by atoms with Crippen LogP contribution in [0.3, 0.4) is 0 Å². The number of carbonyl (C=O) groups excluding carboxylic acids is 1. The van der Waals surface area contributed by atoms with Crippen LogP contribution < -0.4 is 20.7 Å². The zero-order valence-electron chi connectivity index (χ0n) is 34.2. The molecule has 3 aliphatic heterocycles. The van der Waals surface area contributed by atoms with E-state index in [9.17, 15) is 34.5 Å². The standard InChI is InChI=1S/C47H62N4O8/c52-44(27-34-9-1-7-32(21-34)24-41(45(53)54)37-12-4-16-48-28-37)51(31-36-11-2-8-33(22-36)25-42(46(55)56)38-13-5-17-49-29-38)19-20-59-40-15-3-10-35(23-40)26-43(47(57)58)39-14-6-18-50-30-39/h1-3,7-11,15,21-23,37-39,41-43,48-50H,4-6,12-14,16-20,24-31H2,(H,53,54)(H,55,56)(H,57,58).